The molecule has 0 aliphatic carbocycles. The second-order valence-electron chi connectivity index (χ2n) is 9.42. The maximum absolute atomic E-state index is 6.87. The van der Waals surface area contributed by atoms with Gasteiger partial charge in [-0.2, -0.15) is 0 Å². The first kappa shape index (κ1) is 23.2. The molecule has 29 heavy (non-hydrogen) atoms. The summed E-state index contributed by atoms with van der Waals surface area (Å²) >= 11 is 0. The largest absolute Gasteiger partial charge is 0.407 e. The molecule has 0 saturated carbocycles. The highest BCUT2D eigenvalue weighted by Gasteiger charge is 2.49. The van der Waals surface area contributed by atoms with E-state index in [4.69, 9.17) is 4.43 Å². The Morgan fingerprint density at radius 1 is 0.793 bits per heavy atom. The van der Waals surface area contributed by atoms with Gasteiger partial charge >= 0.3 is 0 Å². The molecule has 0 aliphatic rings. The maximum Gasteiger partial charge on any atom is 0.261 e. The molecule has 0 unspecified atom stereocenters. The van der Waals surface area contributed by atoms with Crippen LogP contribution in [0.25, 0.3) is 0 Å². The number of benzene rings is 2. The predicted molar refractivity (Wildman–Crippen MR) is 132 cm³/mol. The zero-order valence-electron chi connectivity index (χ0n) is 18.8. The van der Waals surface area contributed by atoms with Crippen LogP contribution in [0.1, 0.15) is 33.6 Å². The van der Waals surface area contributed by atoms with Crippen molar-refractivity contribution in [1.29, 1.82) is 0 Å². The van der Waals surface area contributed by atoms with Crippen LogP contribution in [-0.2, 0) is 4.43 Å². The van der Waals surface area contributed by atoms with Gasteiger partial charge in [0, 0.05) is 13.0 Å². The van der Waals surface area contributed by atoms with Crippen molar-refractivity contribution in [2.45, 2.75) is 58.3 Å². The number of unbranched alkanes of at least 4 members (excludes halogenated alkanes) is 1. The van der Waals surface area contributed by atoms with Gasteiger partial charge in [-0.05, 0) is 33.7 Å². The molecule has 1 nitrogen and oxygen atoms in total. The van der Waals surface area contributed by atoms with Crippen molar-refractivity contribution in [3.8, 4) is 23.3 Å². The Morgan fingerprint density at radius 3 is 1.76 bits per heavy atom. The first-order valence-electron chi connectivity index (χ1n) is 10.4. The normalized spacial score (nSPS) is 11.8. The molecule has 0 spiro atoms. The molecule has 2 rings (SSSR count). The van der Waals surface area contributed by atoms with E-state index >= 15 is 0 Å². The minimum atomic E-state index is -2.42. The Hall–Kier alpha value is -2.05. The van der Waals surface area contributed by atoms with Crippen LogP contribution in [0.5, 0.6) is 0 Å². The number of hydrogen-bond donors (Lipinski definition) is 0. The van der Waals surface area contributed by atoms with Gasteiger partial charge in [0.1, 0.15) is 8.07 Å². The van der Waals surface area contributed by atoms with Crippen molar-refractivity contribution in [3.63, 3.8) is 0 Å². The Balaban J connectivity index is 2.21. The second kappa shape index (κ2) is 10.1. The molecule has 2 aromatic carbocycles. The lowest BCUT2D eigenvalue weighted by atomic mass is 10.2. The third kappa shape index (κ3) is 6.48. The summed E-state index contributed by atoms with van der Waals surface area (Å²) in [5, 5.41) is 2.67. The van der Waals surface area contributed by atoms with E-state index in [1.807, 2.05) is 0 Å². The molecule has 0 saturated heterocycles. The van der Waals surface area contributed by atoms with Crippen molar-refractivity contribution < 1.29 is 4.43 Å². The van der Waals surface area contributed by atoms with E-state index in [-0.39, 0.29) is 5.04 Å². The average molecular weight is 419 g/mol. The Labute approximate surface area is 180 Å². The minimum Gasteiger partial charge on any atom is -0.407 e. The lowest BCUT2D eigenvalue weighted by molar-refractivity contribution is 0.293. The van der Waals surface area contributed by atoms with Gasteiger partial charge in [0.25, 0.3) is 8.32 Å². The average Bonchev–Trinajstić information content (AvgIpc) is 2.66. The monoisotopic (exact) mass is 418 g/mol. The number of rotatable bonds is 6. The summed E-state index contributed by atoms with van der Waals surface area (Å²) in [6.07, 6.45) is 1.74. The van der Waals surface area contributed by atoms with Crippen LogP contribution >= 0.6 is 0 Å². The minimum absolute atomic E-state index is 0.0181. The summed E-state index contributed by atoms with van der Waals surface area (Å²) in [7, 11) is -3.76. The summed E-state index contributed by atoms with van der Waals surface area (Å²) in [6.45, 7) is 14.3. The van der Waals surface area contributed by atoms with Crippen molar-refractivity contribution >= 4 is 26.8 Å². The Bertz CT molecular complexity index is 843. The van der Waals surface area contributed by atoms with Gasteiger partial charge in [0.05, 0.1) is 0 Å². The van der Waals surface area contributed by atoms with Gasteiger partial charge in [0.2, 0.25) is 0 Å². The van der Waals surface area contributed by atoms with Gasteiger partial charge < -0.3 is 4.43 Å². The fraction of sp³-hybridized carbons (Fsp3) is 0.385. The summed E-state index contributed by atoms with van der Waals surface area (Å²) in [5.74, 6) is 9.24. The summed E-state index contributed by atoms with van der Waals surface area (Å²) in [5.41, 5.74) is 3.29. The fourth-order valence-corrected chi connectivity index (χ4v) is 8.52. The SMILES string of the molecule is CC(C)(C)[Si](OCCCC#CC#C[Si](C)(C)C)(c1ccccc1)c1ccccc1. The van der Waals surface area contributed by atoms with E-state index < -0.39 is 16.4 Å². The fourth-order valence-electron chi connectivity index (χ4n) is 3.47. The first-order valence-corrected chi connectivity index (χ1v) is 15.8. The van der Waals surface area contributed by atoms with Gasteiger partial charge in [0.15, 0.2) is 0 Å². The van der Waals surface area contributed by atoms with E-state index in [2.05, 4.69) is 124 Å². The van der Waals surface area contributed by atoms with Crippen LogP contribution in [0.4, 0.5) is 0 Å². The first-order chi connectivity index (χ1) is 13.7. The van der Waals surface area contributed by atoms with Gasteiger partial charge in [-0.1, -0.05) is 107 Å². The molecule has 0 fully saturated rings. The van der Waals surface area contributed by atoms with Crippen LogP contribution in [0.3, 0.4) is 0 Å². The molecule has 0 aromatic heterocycles. The standard InChI is InChI=1S/C26H34OSi2/c1-26(2,3)29(24-18-12-10-13-19-24,25-20-14-11-15-21-25)27-22-16-8-7-9-17-23-28(4,5)6/h10-15,18-21H,8,16,22H2,1-6H3. The molecule has 0 radical (unpaired) electrons. The Kier molecular flexibility index (Phi) is 8.11. The molecule has 2 aromatic rings. The van der Waals surface area contributed by atoms with Gasteiger partial charge in [-0.3, -0.25) is 0 Å². The van der Waals surface area contributed by atoms with E-state index in [9.17, 15) is 0 Å². The third-order valence-corrected chi connectivity index (χ3v) is 10.7. The zero-order valence-corrected chi connectivity index (χ0v) is 20.8. The van der Waals surface area contributed by atoms with Gasteiger partial charge in [-0.15, -0.1) is 5.54 Å². The molecule has 0 N–H and O–H groups in total. The highest BCUT2D eigenvalue weighted by atomic mass is 28.4. The zero-order chi connectivity index (χ0) is 21.4. The van der Waals surface area contributed by atoms with E-state index in [1.165, 1.54) is 10.4 Å². The van der Waals surface area contributed by atoms with E-state index in [1.54, 1.807) is 0 Å². The molecule has 152 valence electrons. The second-order valence-corrected chi connectivity index (χ2v) is 18.5. The highest BCUT2D eigenvalue weighted by Crippen LogP contribution is 2.36. The lowest BCUT2D eigenvalue weighted by Crippen LogP contribution is -2.66. The van der Waals surface area contributed by atoms with Crippen LogP contribution in [0.2, 0.25) is 24.7 Å². The van der Waals surface area contributed by atoms with Crippen molar-refractivity contribution in [2.24, 2.45) is 0 Å². The third-order valence-electron chi connectivity index (χ3n) is 4.77. The molecular weight excluding hydrogens is 384 g/mol. The number of hydrogen-bond acceptors (Lipinski definition) is 1. The van der Waals surface area contributed by atoms with Crippen LogP contribution in [0, 0.1) is 23.3 Å². The van der Waals surface area contributed by atoms with Gasteiger partial charge in [-0.25, -0.2) is 0 Å². The highest BCUT2D eigenvalue weighted by molar-refractivity contribution is 6.99. The van der Waals surface area contributed by atoms with Crippen LogP contribution < -0.4 is 10.4 Å². The topological polar surface area (TPSA) is 9.23 Å². The molecule has 3 heteroatoms. The maximum atomic E-state index is 6.87. The van der Waals surface area contributed by atoms with Crippen molar-refractivity contribution in [1.82, 2.24) is 0 Å². The lowest BCUT2D eigenvalue weighted by Gasteiger charge is -2.43. The molecule has 0 bridgehead atoms. The quantitative estimate of drug-likeness (QED) is 0.355. The van der Waals surface area contributed by atoms with Crippen molar-refractivity contribution in [3.05, 3.63) is 60.7 Å². The molecule has 0 aliphatic heterocycles. The molecule has 0 heterocycles. The predicted octanol–water partition coefficient (Wildman–Crippen LogP) is 5.23. The molecule has 0 amide bonds. The smallest absolute Gasteiger partial charge is 0.261 e. The van der Waals surface area contributed by atoms with Crippen molar-refractivity contribution in [2.75, 3.05) is 6.61 Å². The molecule has 0 atom stereocenters. The van der Waals surface area contributed by atoms with Crippen LogP contribution in [0.15, 0.2) is 60.7 Å². The summed E-state index contributed by atoms with van der Waals surface area (Å²) in [4.78, 5) is 0. The van der Waals surface area contributed by atoms with E-state index in [0.717, 1.165) is 12.8 Å². The molecular formula is C26H34OSi2. The summed E-state index contributed by atoms with van der Waals surface area (Å²) < 4.78 is 6.87. The van der Waals surface area contributed by atoms with E-state index in [0.29, 0.717) is 6.61 Å². The van der Waals surface area contributed by atoms with Crippen LogP contribution in [-0.4, -0.2) is 23.0 Å². The summed E-state index contributed by atoms with van der Waals surface area (Å²) in [6, 6.07) is 21.6. The Morgan fingerprint density at radius 2 is 1.31 bits per heavy atom.